The number of amides is 1. The zero-order chi connectivity index (χ0) is 16.9. The third-order valence-electron chi connectivity index (χ3n) is 4.17. The smallest absolute Gasteiger partial charge is 0.224 e. The number of benzene rings is 1. The molecule has 1 amide bonds. The van der Waals surface area contributed by atoms with Gasteiger partial charge in [0.15, 0.2) is 0 Å². The van der Waals surface area contributed by atoms with Crippen molar-refractivity contribution in [2.24, 2.45) is 0 Å². The Morgan fingerprint density at radius 3 is 2.88 bits per heavy atom. The van der Waals surface area contributed by atoms with Crippen LogP contribution in [0.4, 0.5) is 0 Å². The van der Waals surface area contributed by atoms with Crippen molar-refractivity contribution in [2.45, 2.75) is 26.4 Å². The summed E-state index contributed by atoms with van der Waals surface area (Å²) in [4.78, 5) is 16.4. The predicted molar refractivity (Wildman–Crippen MR) is 87.7 cm³/mol. The number of aromatic nitrogens is 1. The van der Waals surface area contributed by atoms with Gasteiger partial charge in [0.05, 0.1) is 18.2 Å². The first-order chi connectivity index (χ1) is 11.6. The van der Waals surface area contributed by atoms with Crippen LogP contribution in [0, 0.1) is 18.3 Å². The number of rotatable bonds is 4. The third kappa shape index (κ3) is 4.00. The SMILES string of the molecule is Cc1cc(CN2CCN(Cc3cccc(C#N)c3)CCC2=O)no1. The van der Waals surface area contributed by atoms with Crippen molar-refractivity contribution in [3.63, 3.8) is 0 Å². The highest BCUT2D eigenvalue weighted by molar-refractivity contribution is 5.76. The van der Waals surface area contributed by atoms with E-state index in [-0.39, 0.29) is 5.91 Å². The summed E-state index contributed by atoms with van der Waals surface area (Å²) in [6, 6.07) is 11.7. The highest BCUT2D eigenvalue weighted by Gasteiger charge is 2.22. The first kappa shape index (κ1) is 16.2. The first-order valence-corrected chi connectivity index (χ1v) is 8.05. The van der Waals surface area contributed by atoms with Crippen molar-refractivity contribution in [3.8, 4) is 6.07 Å². The molecule has 0 unspecified atom stereocenters. The molecular weight excluding hydrogens is 304 g/mol. The summed E-state index contributed by atoms with van der Waals surface area (Å²) in [5.41, 5.74) is 2.56. The van der Waals surface area contributed by atoms with Crippen molar-refractivity contribution < 1.29 is 9.32 Å². The summed E-state index contributed by atoms with van der Waals surface area (Å²) >= 11 is 0. The van der Waals surface area contributed by atoms with Gasteiger partial charge < -0.3 is 9.42 Å². The van der Waals surface area contributed by atoms with Crippen LogP contribution in [0.3, 0.4) is 0 Å². The van der Waals surface area contributed by atoms with E-state index in [1.807, 2.05) is 36.1 Å². The van der Waals surface area contributed by atoms with E-state index in [0.717, 1.165) is 36.7 Å². The molecule has 3 rings (SSSR count). The molecule has 0 saturated carbocycles. The fraction of sp³-hybridized carbons (Fsp3) is 0.389. The fourth-order valence-corrected chi connectivity index (χ4v) is 2.92. The lowest BCUT2D eigenvalue weighted by Crippen LogP contribution is -2.32. The van der Waals surface area contributed by atoms with Gasteiger partial charge in [-0.2, -0.15) is 5.26 Å². The fourth-order valence-electron chi connectivity index (χ4n) is 2.92. The zero-order valence-corrected chi connectivity index (χ0v) is 13.7. The Bertz CT molecular complexity index is 762. The molecule has 2 heterocycles. The van der Waals surface area contributed by atoms with E-state index in [4.69, 9.17) is 9.78 Å². The first-order valence-electron chi connectivity index (χ1n) is 8.05. The standard InChI is InChI=1S/C18H20N4O2/c1-14-9-17(20-24-14)13-22-8-7-21(6-5-18(22)23)12-16-4-2-3-15(10-16)11-19/h2-4,9-10H,5-8,12-13H2,1H3. The van der Waals surface area contributed by atoms with Crippen LogP contribution < -0.4 is 0 Å². The second-order valence-electron chi connectivity index (χ2n) is 6.08. The molecule has 1 aromatic heterocycles. The maximum absolute atomic E-state index is 12.3. The molecule has 0 atom stereocenters. The van der Waals surface area contributed by atoms with Crippen LogP contribution in [0.2, 0.25) is 0 Å². The Kier molecular flexibility index (Phi) is 4.92. The maximum Gasteiger partial charge on any atom is 0.224 e. The normalized spacial score (nSPS) is 16.0. The molecule has 0 aliphatic carbocycles. The highest BCUT2D eigenvalue weighted by Crippen LogP contribution is 2.13. The third-order valence-corrected chi connectivity index (χ3v) is 4.17. The summed E-state index contributed by atoms with van der Waals surface area (Å²) in [5.74, 6) is 0.898. The van der Waals surface area contributed by atoms with Gasteiger partial charge in [-0.3, -0.25) is 9.69 Å². The van der Waals surface area contributed by atoms with Gasteiger partial charge in [-0.15, -0.1) is 0 Å². The summed E-state index contributed by atoms with van der Waals surface area (Å²) in [7, 11) is 0. The lowest BCUT2D eigenvalue weighted by molar-refractivity contribution is -0.131. The van der Waals surface area contributed by atoms with Gasteiger partial charge in [-0.1, -0.05) is 17.3 Å². The van der Waals surface area contributed by atoms with Gasteiger partial charge in [-0.25, -0.2) is 0 Å². The van der Waals surface area contributed by atoms with Crippen LogP contribution in [-0.4, -0.2) is 40.5 Å². The molecular formula is C18H20N4O2. The summed E-state index contributed by atoms with van der Waals surface area (Å²) < 4.78 is 5.07. The van der Waals surface area contributed by atoms with E-state index in [1.165, 1.54) is 0 Å². The Hall–Kier alpha value is -2.65. The quantitative estimate of drug-likeness (QED) is 0.861. The van der Waals surface area contributed by atoms with Crippen LogP contribution in [0.1, 0.15) is 29.0 Å². The molecule has 0 spiro atoms. The van der Waals surface area contributed by atoms with Gasteiger partial charge in [0, 0.05) is 38.7 Å². The Morgan fingerprint density at radius 2 is 2.12 bits per heavy atom. The molecule has 1 aromatic carbocycles. The number of aryl methyl sites for hydroxylation is 1. The second kappa shape index (κ2) is 7.28. The number of nitrogens with zero attached hydrogens (tertiary/aromatic N) is 4. The van der Waals surface area contributed by atoms with Crippen LogP contribution in [0.15, 0.2) is 34.9 Å². The zero-order valence-electron chi connectivity index (χ0n) is 13.7. The minimum atomic E-state index is 0.143. The van der Waals surface area contributed by atoms with E-state index in [2.05, 4.69) is 16.1 Å². The van der Waals surface area contributed by atoms with Crippen molar-refractivity contribution in [1.29, 1.82) is 5.26 Å². The molecule has 6 heteroatoms. The molecule has 1 aliphatic heterocycles. The van der Waals surface area contributed by atoms with E-state index >= 15 is 0 Å². The summed E-state index contributed by atoms with van der Waals surface area (Å²) in [5, 5.41) is 13.0. The number of hydrogen-bond donors (Lipinski definition) is 0. The van der Waals surface area contributed by atoms with Crippen LogP contribution >= 0.6 is 0 Å². The van der Waals surface area contributed by atoms with E-state index in [0.29, 0.717) is 25.1 Å². The van der Waals surface area contributed by atoms with Crippen LogP contribution in [0.25, 0.3) is 0 Å². The summed E-state index contributed by atoms with van der Waals surface area (Å²) in [6.07, 6.45) is 0.495. The molecule has 24 heavy (non-hydrogen) atoms. The van der Waals surface area contributed by atoms with Crippen LogP contribution in [-0.2, 0) is 17.9 Å². The van der Waals surface area contributed by atoms with Gasteiger partial charge >= 0.3 is 0 Å². The largest absolute Gasteiger partial charge is 0.361 e. The monoisotopic (exact) mass is 324 g/mol. The molecule has 124 valence electrons. The Morgan fingerprint density at radius 1 is 1.25 bits per heavy atom. The number of nitriles is 1. The predicted octanol–water partition coefficient (Wildman–Crippen LogP) is 2.09. The van der Waals surface area contributed by atoms with Gasteiger partial charge in [0.1, 0.15) is 11.5 Å². The average molecular weight is 324 g/mol. The van der Waals surface area contributed by atoms with Crippen molar-refractivity contribution in [2.75, 3.05) is 19.6 Å². The molecule has 0 N–H and O–H groups in total. The molecule has 6 nitrogen and oxygen atoms in total. The minimum absolute atomic E-state index is 0.143. The van der Waals surface area contributed by atoms with E-state index in [9.17, 15) is 4.79 Å². The number of carbonyl (C=O) groups excluding carboxylic acids is 1. The molecule has 1 saturated heterocycles. The summed E-state index contributed by atoms with van der Waals surface area (Å²) in [6.45, 7) is 5.29. The van der Waals surface area contributed by atoms with E-state index < -0.39 is 0 Å². The molecule has 1 fully saturated rings. The topological polar surface area (TPSA) is 73.4 Å². The minimum Gasteiger partial charge on any atom is -0.361 e. The Labute approximate surface area is 141 Å². The lowest BCUT2D eigenvalue weighted by Gasteiger charge is -2.21. The highest BCUT2D eigenvalue weighted by atomic mass is 16.5. The van der Waals surface area contributed by atoms with Crippen molar-refractivity contribution >= 4 is 5.91 Å². The molecule has 2 aromatic rings. The van der Waals surface area contributed by atoms with E-state index in [1.54, 1.807) is 6.07 Å². The second-order valence-corrected chi connectivity index (χ2v) is 6.08. The Balaban J connectivity index is 1.61. The molecule has 1 aliphatic rings. The number of hydrogen-bond acceptors (Lipinski definition) is 5. The lowest BCUT2D eigenvalue weighted by atomic mass is 10.1. The van der Waals surface area contributed by atoms with Crippen molar-refractivity contribution in [1.82, 2.24) is 15.0 Å². The molecule has 0 radical (unpaired) electrons. The van der Waals surface area contributed by atoms with Crippen LogP contribution in [0.5, 0.6) is 0 Å². The van der Waals surface area contributed by atoms with Gasteiger partial charge in [0.2, 0.25) is 5.91 Å². The number of carbonyl (C=O) groups is 1. The average Bonchev–Trinajstić information content (AvgIpc) is 2.92. The van der Waals surface area contributed by atoms with Gasteiger partial charge in [-0.05, 0) is 24.6 Å². The van der Waals surface area contributed by atoms with Gasteiger partial charge in [0.25, 0.3) is 0 Å². The molecule has 0 bridgehead atoms. The maximum atomic E-state index is 12.3. The van der Waals surface area contributed by atoms with Crippen molar-refractivity contribution in [3.05, 3.63) is 52.9 Å².